The van der Waals surface area contributed by atoms with Gasteiger partial charge in [-0.15, -0.1) is 11.8 Å². The third-order valence-corrected chi connectivity index (χ3v) is 3.20. The summed E-state index contributed by atoms with van der Waals surface area (Å²) in [6.45, 7) is -0.314. The number of thioether (sulfide) groups is 1. The average Bonchev–Trinajstić information content (AvgIpc) is 2.38. The first-order chi connectivity index (χ1) is 8.99. The van der Waals surface area contributed by atoms with Crippen LogP contribution in [0.2, 0.25) is 0 Å². The zero-order valence-electron chi connectivity index (χ0n) is 10.0. The summed E-state index contributed by atoms with van der Waals surface area (Å²) >= 11 is 1.32. The van der Waals surface area contributed by atoms with Crippen LogP contribution in [0.1, 0.15) is 5.56 Å². The van der Waals surface area contributed by atoms with Crippen LogP contribution in [0.15, 0.2) is 24.3 Å². The molecule has 1 unspecified atom stereocenters. The van der Waals surface area contributed by atoms with Gasteiger partial charge < -0.3 is 15.5 Å². The zero-order valence-corrected chi connectivity index (χ0v) is 10.8. The number of halogens is 1. The van der Waals surface area contributed by atoms with Crippen molar-refractivity contribution in [3.63, 3.8) is 0 Å². The predicted octanol–water partition coefficient (Wildman–Crippen LogP) is 0.621. The lowest BCUT2D eigenvalue weighted by atomic mass is 10.2. The van der Waals surface area contributed by atoms with Gasteiger partial charge in [0.25, 0.3) is 0 Å². The van der Waals surface area contributed by atoms with E-state index in [1.54, 1.807) is 12.1 Å². The van der Waals surface area contributed by atoms with Gasteiger partial charge in [-0.05, 0) is 17.7 Å². The number of rotatable bonds is 7. The van der Waals surface area contributed by atoms with Crippen molar-refractivity contribution in [3.8, 4) is 0 Å². The molecule has 0 aliphatic heterocycles. The lowest BCUT2D eigenvalue weighted by Gasteiger charge is -2.07. The third kappa shape index (κ3) is 6.21. The van der Waals surface area contributed by atoms with Gasteiger partial charge in [0.15, 0.2) is 6.10 Å². The molecule has 0 saturated heterocycles. The number of hydrogen-bond acceptors (Lipinski definition) is 4. The van der Waals surface area contributed by atoms with Crippen LogP contribution in [0, 0.1) is 5.82 Å². The van der Waals surface area contributed by atoms with Gasteiger partial charge >= 0.3 is 5.97 Å². The first-order valence-corrected chi connectivity index (χ1v) is 6.64. The van der Waals surface area contributed by atoms with E-state index in [0.717, 1.165) is 5.56 Å². The van der Waals surface area contributed by atoms with Crippen molar-refractivity contribution in [2.24, 2.45) is 0 Å². The lowest BCUT2D eigenvalue weighted by Crippen LogP contribution is -2.37. The molecule has 0 aromatic heterocycles. The Labute approximate surface area is 113 Å². The molecule has 0 aliphatic rings. The summed E-state index contributed by atoms with van der Waals surface area (Å²) in [5, 5.41) is 19.7. The molecule has 0 saturated carbocycles. The molecule has 7 heteroatoms. The van der Waals surface area contributed by atoms with Crippen LogP contribution in [-0.2, 0) is 15.3 Å². The number of hydrogen-bond donors (Lipinski definition) is 3. The minimum Gasteiger partial charge on any atom is -0.479 e. The third-order valence-electron chi connectivity index (χ3n) is 2.19. The fourth-order valence-electron chi connectivity index (χ4n) is 1.19. The van der Waals surface area contributed by atoms with Crippen molar-refractivity contribution in [1.29, 1.82) is 0 Å². The van der Waals surface area contributed by atoms with Gasteiger partial charge in [0.2, 0.25) is 5.91 Å². The number of benzene rings is 1. The standard InChI is InChI=1S/C12H14FNO4S/c13-9-3-1-8(2-4-9)6-19-7-11(16)14-5-10(15)12(17)18/h1-4,10,15H,5-7H2,(H,14,16)(H,17,18). The van der Waals surface area contributed by atoms with Gasteiger partial charge in [0.05, 0.1) is 12.3 Å². The first-order valence-electron chi connectivity index (χ1n) is 5.49. The van der Waals surface area contributed by atoms with Crippen molar-refractivity contribution in [2.75, 3.05) is 12.3 Å². The normalized spacial score (nSPS) is 11.9. The first kappa shape index (κ1) is 15.5. The molecule has 104 valence electrons. The van der Waals surface area contributed by atoms with Crippen LogP contribution in [0.4, 0.5) is 4.39 Å². The monoisotopic (exact) mass is 287 g/mol. The molecule has 1 aromatic rings. The number of carbonyl (C=O) groups excluding carboxylic acids is 1. The summed E-state index contributed by atoms with van der Waals surface area (Å²) in [6, 6.07) is 5.96. The molecular formula is C12H14FNO4S. The highest BCUT2D eigenvalue weighted by atomic mass is 32.2. The Bertz CT molecular complexity index is 438. The molecule has 1 amide bonds. The van der Waals surface area contributed by atoms with Crippen molar-refractivity contribution in [1.82, 2.24) is 5.32 Å². The van der Waals surface area contributed by atoms with Crippen molar-refractivity contribution < 1.29 is 24.2 Å². The highest BCUT2D eigenvalue weighted by Crippen LogP contribution is 2.12. The molecule has 0 heterocycles. The summed E-state index contributed by atoms with van der Waals surface area (Å²) in [6.07, 6.45) is -1.59. The van der Waals surface area contributed by atoms with E-state index in [2.05, 4.69) is 5.32 Å². The Morgan fingerprint density at radius 2 is 1.95 bits per heavy atom. The van der Waals surface area contributed by atoms with E-state index in [9.17, 15) is 14.0 Å². The van der Waals surface area contributed by atoms with Crippen LogP contribution in [0.25, 0.3) is 0 Å². The zero-order chi connectivity index (χ0) is 14.3. The number of carboxylic acids is 1. The molecule has 1 atom stereocenters. The van der Waals surface area contributed by atoms with Crippen molar-refractivity contribution >= 4 is 23.6 Å². The maximum atomic E-state index is 12.6. The summed E-state index contributed by atoms with van der Waals surface area (Å²) in [4.78, 5) is 21.6. The molecule has 0 fully saturated rings. The second-order valence-electron chi connectivity index (χ2n) is 3.78. The number of amides is 1. The molecule has 0 radical (unpaired) electrons. The fraction of sp³-hybridized carbons (Fsp3) is 0.333. The van der Waals surface area contributed by atoms with Crippen LogP contribution in [0.5, 0.6) is 0 Å². The minimum atomic E-state index is -1.59. The highest BCUT2D eigenvalue weighted by molar-refractivity contribution is 7.99. The maximum absolute atomic E-state index is 12.6. The van der Waals surface area contributed by atoms with Gasteiger partial charge in [-0.3, -0.25) is 4.79 Å². The Kier molecular flexibility index (Phi) is 6.31. The Hall–Kier alpha value is -1.60. The number of carbonyl (C=O) groups is 2. The fourth-order valence-corrected chi connectivity index (χ4v) is 2.01. The largest absolute Gasteiger partial charge is 0.479 e. The molecule has 5 nitrogen and oxygen atoms in total. The summed E-state index contributed by atoms with van der Waals surface area (Å²) in [7, 11) is 0. The number of aliphatic hydroxyl groups excluding tert-OH is 1. The van der Waals surface area contributed by atoms with E-state index in [1.165, 1.54) is 23.9 Å². The molecule has 0 aliphatic carbocycles. The van der Waals surface area contributed by atoms with Crippen LogP contribution in [-0.4, -0.2) is 40.5 Å². The maximum Gasteiger partial charge on any atom is 0.334 e. The molecular weight excluding hydrogens is 273 g/mol. The molecule has 19 heavy (non-hydrogen) atoms. The Balaban J connectivity index is 2.20. The molecule has 0 spiro atoms. The predicted molar refractivity (Wildman–Crippen MR) is 69.2 cm³/mol. The van der Waals surface area contributed by atoms with E-state index in [0.29, 0.717) is 5.75 Å². The number of carboxylic acid groups (broad SMARTS) is 1. The lowest BCUT2D eigenvalue weighted by molar-refractivity contribution is -0.146. The van der Waals surface area contributed by atoms with Gasteiger partial charge in [-0.2, -0.15) is 0 Å². The van der Waals surface area contributed by atoms with Gasteiger partial charge in [-0.1, -0.05) is 12.1 Å². The summed E-state index contributed by atoms with van der Waals surface area (Å²) < 4.78 is 12.6. The number of nitrogens with one attached hydrogen (secondary N) is 1. The van der Waals surface area contributed by atoms with E-state index < -0.39 is 12.1 Å². The highest BCUT2D eigenvalue weighted by Gasteiger charge is 2.13. The number of aliphatic carboxylic acids is 1. The van der Waals surface area contributed by atoms with Gasteiger partial charge in [0.1, 0.15) is 5.82 Å². The molecule has 1 rings (SSSR count). The second-order valence-corrected chi connectivity index (χ2v) is 4.76. The molecule has 0 bridgehead atoms. The summed E-state index contributed by atoms with van der Waals surface area (Å²) in [5.41, 5.74) is 0.893. The number of aliphatic hydroxyl groups is 1. The van der Waals surface area contributed by atoms with E-state index >= 15 is 0 Å². The van der Waals surface area contributed by atoms with E-state index in [4.69, 9.17) is 10.2 Å². The smallest absolute Gasteiger partial charge is 0.334 e. The van der Waals surface area contributed by atoms with Gasteiger partial charge in [0, 0.05) is 5.75 Å². The van der Waals surface area contributed by atoms with Crippen molar-refractivity contribution in [2.45, 2.75) is 11.9 Å². The topological polar surface area (TPSA) is 86.6 Å². The second kappa shape index (κ2) is 7.75. The van der Waals surface area contributed by atoms with Crippen LogP contribution in [0.3, 0.4) is 0 Å². The summed E-state index contributed by atoms with van der Waals surface area (Å²) in [5.74, 6) is -1.35. The Morgan fingerprint density at radius 1 is 1.32 bits per heavy atom. The van der Waals surface area contributed by atoms with Gasteiger partial charge in [-0.25, -0.2) is 9.18 Å². The minimum absolute atomic E-state index is 0.143. The van der Waals surface area contributed by atoms with Crippen molar-refractivity contribution in [3.05, 3.63) is 35.6 Å². The molecule has 3 N–H and O–H groups in total. The van der Waals surface area contributed by atoms with E-state index in [-0.39, 0.29) is 24.0 Å². The van der Waals surface area contributed by atoms with Crippen LogP contribution >= 0.6 is 11.8 Å². The SMILES string of the molecule is O=C(CSCc1ccc(F)cc1)NCC(O)C(=O)O. The van der Waals surface area contributed by atoms with E-state index in [1.807, 2.05) is 0 Å². The quantitative estimate of drug-likeness (QED) is 0.684. The van der Waals surface area contributed by atoms with Crippen LogP contribution < -0.4 is 5.32 Å². The Morgan fingerprint density at radius 3 is 2.53 bits per heavy atom. The molecule has 1 aromatic carbocycles. The average molecular weight is 287 g/mol.